The predicted octanol–water partition coefficient (Wildman–Crippen LogP) is 3.18. The summed E-state index contributed by atoms with van der Waals surface area (Å²) < 4.78 is 33.4. The number of oxazole rings is 1. The van der Waals surface area contributed by atoms with E-state index in [2.05, 4.69) is 10.3 Å². The Morgan fingerprint density at radius 2 is 1.89 bits per heavy atom. The highest BCUT2D eigenvalue weighted by molar-refractivity contribution is 7.89. The van der Waals surface area contributed by atoms with Crippen LogP contribution in [-0.4, -0.2) is 25.4 Å². The number of fused-ring (bicyclic) bond motifs is 1. The molecule has 0 spiro atoms. The number of furan rings is 1. The lowest BCUT2D eigenvalue weighted by atomic mass is 9.86. The molecule has 4 rings (SSSR count). The molecule has 1 aliphatic carbocycles. The van der Waals surface area contributed by atoms with Gasteiger partial charge in [0, 0.05) is 17.0 Å². The Kier molecular flexibility index (Phi) is 4.90. The van der Waals surface area contributed by atoms with Gasteiger partial charge in [-0.15, -0.1) is 0 Å². The fraction of sp³-hybridized carbons (Fsp3) is 0.333. The van der Waals surface area contributed by atoms with Gasteiger partial charge < -0.3 is 14.2 Å². The molecule has 28 heavy (non-hydrogen) atoms. The van der Waals surface area contributed by atoms with Crippen LogP contribution in [0, 0.1) is 0 Å². The van der Waals surface area contributed by atoms with Crippen molar-refractivity contribution in [2.45, 2.75) is 42.7 Å². The predicted molar refractivity (Wildman–Crippen MR) is 102 cm³/mol. The summed E-state index contributed by atoms with van der Waals surface area (Å²) in [5.41, 5.74) is 1.44. The molecule has 10 heteroatoms. The molecule has 1 saturated carbocycles. The van der Waals surface area contributed by atoms with Crippen molar-refractivity contribution in [1.82, 2.24) is 10.3 Å². The molecule has 0 bridgehead atoms. The topological polar surface area (TPSA) is 128 Å². The van der Waals surface area contributed by atoms with Crippen LogP contribution in [0.4, 0.5) is 0 Å². The first-order valence-electron chi connectivity index (χ1n) is 8.79. The Labute approximate surface area is 166 Å². The first kappa shape index (κ1) is 19.0. The molecule has 1 fully saturated rings. The number of carbonyl (C=O) groups excluding carboxylic acids is 1. The summed E-state index contributed by atoms with van der Waals surface area (Å²) in [6.45, 7) is 0. The Balaban J connectivity index is 1.37. The summed E-state index contributed by atoms with van der Waals surface area (Å²) >= 11 is 5.99. The molecule has 8 nitrogen and oxygen atoms in total. The van der Waals surface area contributed by atoms with Crippen LogP contribution in [-0.2, 0) is 10.0 Å². The van der Waals surface area contributed by atoms with E-state index in [4.69, 9.17) is 25.6 Å². The van der Waals surface area contributed by atoms with Gasteiger partial charge >= 0.3 is 0 Å². The first-order chi connectivity index (χ1) is 13.3. The van der Waals surface area contributed by atoms with Gasteiger partial charge in [0.15, 0.2) is 17.2 Å². The molecule has 148 valence electrons. The van der Waals surface area contributed by atoms with Crippen LogP contribution in [0.3, 0.4) is 0 Å². The molecule has 2 heterocycles. The van der Waals surface area contributed by atoms with Crippen molar-refractivity contribution in [1.29, 1.82) is 0 Å². The number of nitrogens with two attached hydrogens (primary N) is 1. The smallest absolute Gasteiger partial charge is 0.287 e. The number of nitrogens with zero attached hydrogens (tertiary/aromatic N) is 1. The lowest BCUT2D eigenvalue weighted by Crippen LogP contribution is -2.37. The van der Waals surface area contributed by atoms with Gasteiger partial charge in [-0.25, -0.2) is 18.5 Å². The number of halogens is 1. The maximum Gasteiger partial charge on any atom is 0.287 e. The van der Waals surface area contributed by atoms with E-state index in [1.165, 1.54) is 12.1 Å². The molecule has 0 aliphatic heterocycles. The molecule has 0 atom stereocenters. The first-order valence-corrected chi connectivity index (χ1v) is 10.7. The van der Waals surface area contributed by atoms with Crippen molar-refractivity contribution < 1.29 is 22.0 Å². The zero-order valence-electron chi connectivity index (χ0n) is 14.7. The Hall–Kier alpha value is -2.36. The number of rotatable bonds is 4. The summed E-state index contributed by atoms with van der Waals surface area (Å²) in [5, 5.41) is 8.04. The molecule has 0 saturated heterocycles. The molecule has 1 aliphatic rings. The quantitative estimate of drug-likeness (QED) is 0.663. The second-order valence-corrected chi connectivity index (χ2v) is 8.78. The van der Waals surface area contributed by atoms with Crippen LogP contribution >= 0.6 is 11.6 Å². The highest BCUT2D eigenvalue weighted by atomic mass is 35.5. The van der Waals surface area contributed by atoms with Gasteiger partial charge in [0.2, 0.25) is 5.09 Å². The van der Waals surface area contributed by atoms with E-state index in [1.54, 1.807) is 18.2 Å². The molecule has 1 amide bonds. The third-order valence-corrected chi connectivity index (χ3v) is 5.88. The average Bonchev–Trinajstić information content (AvgIpc) is 3.29. The minimum absolute atomic E-state index is 0.0365. The van der Waals surface area contributed by atoms with Crippen LogP contribution in [0.5, 0.6) is 0 Å². The number of hydrogen-bond acceptors (Lipinski definition) is 6. The largest absolute Gasteiger partial charge is 0.440 e. The third kappa shape index (κ3) is 3.91. The molecular formula is C18H18ClN3O5S. The second-order valence-electron chi connectivity index (χ2n) is 6.85. The third-order valence-electron chi connectivity index (χ3n) is 4.86. The SMILES string of the molecule is NS(=O)(=O)c1ccc(C(=O)NC2CCC(c3nc4cc(Cl)ccc4o3)CC2)o1. The number of nitrogens with one attached hydrogen (secondary N) is 1. The van der Waals surface area contributed by atoms with Crippen molar-refractivity contribution >= 4 is 38.6 Å². The summed E-state index contributed by atoms with van der Waals surface area (Å²) in [7, 11) is -3.97. The molecule has 3 N–H and O–H groups in total. The zero-order valence-corrected chi connectivity index (χ0v) is 16.3. The fourth-order valence-electron chi connectivity index (χ4n) is 3.43. The fourth-order valence-corrected chi connectivity index (χ4v) is 4.06. The lowest BCUT2D eigenvalue weighted by molar-refractivity contribution is 0.0891. The average molecular weight is 424 g/mol. The number of hydrogen-bond donors (Lipinski definition) is 2. The van der Waals surface area contributed by atoms with Crippen LogP contribution in [0.15, 0.2) is 44.3 Å². The Morgan fingerprint density at radius 1 is 1.14 bits per heavy atom. The van der Waals surface area contributed by atoms with Gasteiger partial charge in [0.25, 0.3) is 15.9 Å². The minimum Gasteiger partial charge on any atom is -0.440 e. The number of benzene rings is 1. The van der Waals surface area contributed by atoms with Crippen LogP contribution < -0.4 is 10.5 Å². The van der Waals surface area contributed by atoms with E-state index in [0.29, 0.717) is 16.5 Å². The lowest BCUT2D eigenvalue weighted by Gasteiger charge is -2.27. The molecule has 3 aromatic rings. The van der Waals surface area contributed by atoms with Crippen molar-refractivity contribution in [3.63, 3.8) is 0 Å². The van der Waals surface area contributed by atoms with E-state index in [9.17, 15) is 13.2 Å². The van der Waals surface area contributed by atoms with E-state index >= 15 is 0 Å². The van der Waals surface area contributed by atoms with Gasteiger partial charge in [-0.05, 0) is 56.0 Å². The van der Waals surface area contributed by atoms with E-state index in [-0.39, 0.29) is 17.7 Å². The maximum atomic E-state index is 12.3. The van der Waals surface area contributed by atoms with Crippen molar-refractivity contribution in [2.75, 3.05) is 0 Å². The van der Waals surface area contributed by atoms with Gasteiger partial charge in [-0.3, -0.25) is 4.79 Å². The van der Waals surface area contributed by atoms with E-state index in [0.717, 1.165) is 31.2 Å². The van der Waals surface area contributed by atoms with Gasteiger partial charge in [0.1, 0.15) is 5.52 Å². The summed E-state index contributed by atoms with van der Waals surface area (Å²) in [6, 6.07) is 7.77. The Bertz CT molecular complexity index is 1130. The number of carbonyl (C=O) groups is 1. The number of aromatic nitrogens is 1. The van der Waals surface area contributed by atoms with Gasteiger partial charge in [0.05, 0.1) is 0 Å². The number of primary sulfonamides is 1. The molecule has 0 unspecified atom stereocenters. The summed E-state index contributed by atoms with van der Waals surface area (Å²) in [6.07, 6.45) is 3.12. The van der Waals surface area contributed by atoms with Gasteiger partial charge in [-0.2, -0.15) is 0 Å². The summed E-state index contributed by atoms with van der Waals surface area (Å²) in [4.78, 5) is 16.8. The van der Waals surface area contributed by atoms with Crippen LogP contribution in [0.1, 0.15) is 48.0 Å². The monoisotopic (exact) mass is 423 g/mol. The van der Waals surface area contributed by atoms with E-state index in [1.807, 2.05) is 0 Å². The Morgan fingerprint density at radius 3 is 2.57 bits per heavy atom. The molecule has 0 radical (unpaired) electrons. The van der Waals surface area contributed by atoms with E-state index < -0.39 is 21.0 Å². The minimum atomic E-state index is -3.97. The molecular weight excluding hydrogens is 406 g/mol. The second kappa shape index (κ2) is 7.23. The standard InChI is InChI=1S/C18H18ClN3O5S/c19-11-3-6-14-13(9-11)22-18(27-14)10-1-4-12(5-2-10)21-17(23)15-7-8-16(26-15)28(20,24)25/h3,6-10,12H,1-2,4-5H2,(H,21,23)(H2,20,24,25). The molecule has 2 aromatic heterocycles. The highest BCUT2D eigenvalue weighted by Gasteiger charge is 2.28. The molecule has 1 aromatic carbocycles. The zero-order chi connectivity index (χ0) is 19.9. The maximum absolute atomic E-state index is 12.3. The number of amides is 1. The summed E-state index contributed by atoms with van der Waals surface area (Å²) in [5.74, 6) is 0.319. The van der Waals surface area contributed by atoms with Crippen molar-refractivity contribution in [3.8, 4) is 0 Å². The normalized spacial score (nSPS) is 20.4. The van der Waals surface area contributed by atoms with Crippen LogP contribution in [0.25, 0.3) is 11.1 Å². The van der Waals surface area contributed by atoms with Crippen LogP contribution in [0.2, 0.25) is 5.02 Å². The highest BCUT2D eigenvalue weighted by Crippen LogP contribution is 2.34. The number of sulfonamides is 1. The van der Waals surface area contributed by atoms with Gasteiger partial charge in [-0.1, -0.05) is 11.6 Å². The van der Waals surface area contributed by atoms with Crippen molar-refractivity contribution in [3.05, 3.63) is 47.0 Å². The van der Waals surface area contributed by atoms with Crippen molar-refractivity contribution in [2.24, 2.45) is 5.14 Å².